The van der Waals surface area contributed by atoms with E-state index in [-0.39, 0.29) is 11.9 Å². The summed E-state index contributed by atoms with van der Waals surface area (Å²) in [5, 5.41) is 7.02. The van der Waals surface area contributed by atoms with Gasteiger partial charge in [0.1, 0.15) is 0 Å². The van der Waals surface area contributed by atoms with Crippen LogP contribution in [0.15, 0.2) is 41.1 Å². The van der Waals surface area contributed by atoms with Gasteiger partial charge in [-0.3, -0.25) is 4.79 Å². The predicted molar refractivity (Wildman–Crippen MR) is 87.1 cm³/mol. The van der Waals surface area contributed by atoms with Crippen molar-refractivity contribution in [3.63, 3.8) is 0 Å². The van der Waals surface area contributed by atoms with E-state index in [2.05, 4.69) is 21.7 Å². The molecule has 1 unspecified atom stereocenters. The van der Waals surface area contributed by atoms with Crippen molar-refractivity contribution in [3.05, 3.63) is 50.9 Å². The molecule has 0 saturated heterocycles. The molecule has 0 bridgehead atoms. The van der Waals surface area contributed by atoms with Crippen molar-refractivity contribution < 1.29 is 4.79 Å². The van der Waals surface area contributed by atoms with E-state index in [1.807, 2.05) is 43.8 Å². The van der Waals surface area contributed by atoms with Gasteiger partial charge in [0, 0.05) is 22.4 Å². The van der Waals surface area contributed by atoms with E-state index in [0.29, 0.717) is 6.54 Å². The number of hydrogen-bond donors (Lipinski definition) is 1. The molecule has 0 spiro atoms. The number of carbonyl (C=O) groups is 1. The third-order valence-electron chi connectivity index (χ3n) is 2.91. The maximum Gasteiger partial charge on any atom is 0.244 e. The van der Waals surface area contributed by atoms with Crippen LogP contribution in [0.5, 0.6) is 0 Å². The first-order valence-corrected chi connectivity index (χ1v) is 8.12. The Bertz CT molecular complexity index is 544. The number of nitrogens with one attached hydrogen (secondary N) is 1. The van der Waals surface area contributed by atoms with Crippen molar-refractivity contribution in [2.24, 2.45) is 0 Å². The molecule has 3 nitrogen and oxygen atoms in total. The molecule has 106 valence electrons. The van der Waals surface area contributed by atoms with E-state index in [0.717, 1.165) is 4.88 Å². The highest BCUT2D eigenvalue weighted by molar-refractivity contribution is 7.10. The van der Waals surface area contributed by atoms with Crippen molar-refractivity contribution in [3.8, 4) is 0 Å². The van der Waals surface area contributed by atoms with Gasteiger partial charge in [0.15, 0.2) is 0 Å². The number of amides is 1. The highest BCUT2D eigenvalue weighted by Crippen LogP contribution is 2.22. The summed E-state index contributed by atoms with van der Waals surface area (Å²) in [6.45, 7) is 0.612. The Morgan fingerprint density at radius 2 is 2.05 bits per heavy atom. The molecule has 2 rings (SSSR count). The highest BCUT2D eigenvalue weighted by atomic mass is 32.1. The second-order valence-electron chi connectivity index (χ2n) is 4.59. The number of rotatable bonds is 6. The third-order valence-corrected chi connectivity index (χ3v) is 4.72. The number of carbonyl (C=O) groups excluding carboxylic acids is 1. The average Bonchev–Trinajstić information content (AvgIpc) is 3.09. The Morgan fingerprint density at radius 1 is 1.30 bits per heavy atom. The summed E-state index contributed by atoms with van der Waals surface area (Å²) in [7, 11) is 4.05. The maximum atomic E-state index is 11.8. The van der Waals surface area contributed by atoms with Crippen LogP contribution in [-0.2, 0) is 4.79 Å². The van der Waals surface area contributed by atoms with Crippen molar-refractivity contribution in [1.82, 2.24) is 10.2 Å². The second-order valence-corrected chi connectivity index (χ2v) is 6.55. The summed E-state index contributed by atoms with van der Waals surface area (Å²) in [4.78, 5) is 16.3. The molecule has 1 atom stereocenters. The minimum absolute atomic E-state index is 0.0539. The van der Waals surface area contributed by atoms with Crippen molar-refractivity contribution >= 4 is 34.7 Å². The fourth-order valence-corrected chi connectivity index (χ4v) is 3.36. The summed E-state index contributed by atoms with van der Waals surface area (Å²) in [6, 6.07) is 8.32. The topological polar surface area (TPSA) is 32.3 Å². The molecule has 2 aromatic heterocycles. The Labute approximate surface area is 127 Å². The molecule has 0 saturated carbocycles. The van der Waals surface area contributed by atoms with Crippen LogP contribution in [0.2, 0.25) is 0 Å². The smallest absolute Gasteiger partial charge is 0.244 e. The van der Waals surface area contributed by atoms with Gasteiger partial charge < -0.3 is 10.2 Å². The molecule has 5 heteroatoms. The largest absolute Gasteiger partial charge is 0.351 e. The van der Waals surface area contributed by atoms with Crippen LogP contribution in [-0.4, -0.2) is 31.4 Å². The number of likely N-dealkylation sites (N-methyl/N-ethyl adjacent to an activating group) is 1. The van der Waals surface area contributed by atoms with Gasteiger partial charge in [-0.15, -0.1) is 22.7 Å². The van der Waals surface area contributed by atoms with Crippen molar-refractivity contribution in [2.75, 3.05) is 20.6 Å². The molecule has 0 aliphatic heterocycles. The molecule has 0 aromatic carbocycles. The van der Waals surface area contributed by atoms with Gasteiger partial charge in [-0.25, -0.2) is 0 Å². The first-order valence-electron chi connectivity index (χ1n) is 6.36. The minimum atomic E-state index is -0.0539. The highest BCUT2D eigenvalue weighted by Gasteiger charge is 2.15. The summed E-state index contributed by atoms with van der Waals surface area (Å²) in [5.41, 5.74) is 0. The van der Waals surface area contributed by atoms with Crippen molar-refractivity contribution in [1.29, 1.82) is 0 Å². The summed E-state index contributed by atoms with van der Waals surface area (Å²) in [5.74, 6) is -0.0539. The van der Waals surface area contributed by atoms with Crippen LogP contribution in [0.4, 0.5) is 0 Å². The maximum absolute atomic E-state index is 11.8. The zero-order valence-electron chi connectivity index (χ0n) is 11.6. The van der Waals surface area contributed by atoms with Gasteiger partial charge in [-0.2, -0.15) is 0 Å². The van der Waals surface area contributed by atoms with Crippen LogP contribution in [0, 0.1) is 0 Å². The van der Waals surface area contributed by atoms with Crippen molar-refractivity contribution in [2.45, 2.75) is 6.04 Å². The molecule has 1 amide bonds. The third kappa shape index (κ3) is 4.30. The quantitative estimate of drug-likeness (QED) is 0.831. The Hall–Kier alpha value is -1.43. The van der Waals surface area contributed by atoms with Gasteiger partial charge >= 0.3 is 0 Å². The number of hydrogen-bond acceptors (Lipinski definition) is 4. The first kappa shape index (κ1) is 15.0. The number of thiophene rings is 2. The molecule has 2 heterocycles. The van der Waals surface area contributed by atoms with Crippen LogP contribution < -0.4 is 5.32 Å². The van der Waals surface area contributed by atoms with E-state index in [1.54, 1.807) is 28.7 Å². The molecule has 2 aromatic rings. The molecule has 0 aliphatic rings. The van der Waals surface area contributed by atoms with Gasteiger partial charge in [0.25, 0.3) is 0 Å². The SMILES string of the molecule is CN(C)C(CNC(=O)/C=C/c1cccs1)c1cccs1. The van der Waals surface area contributed by atoms with E-state index in [4.69, 9.17) is 0 Å². The zero-order chi connectivity index (χ0) is 14.4. The van der Waals surface area contributed by atoms with Crippen LogP contribution in [0.3, 0.4) is 0 Å². The van der Waals surface area contributed by atoms with E-state index in [9.17, 15) is 4.79 Å². The molecule has 0 radical (unpaired) electrons. The lowest BCUT2D eigenvalue weighted by Gasteiger charge is -2.23. The number of nitrogens with zero attached hydrogens (tertiary/aromatic N) is 1. The molecule has 20 heavy (non-hydrogen) atoms. The lowest BCUT2D eigenvalue weighted by atomic mass is 10.2. The van der Waals surface area contributed by atoms with E-state index in [1.165, 1.54) is 4.88 Å². The second kappa shape index (κ2) is 7.38. The van der Waals surface area contributed by atoms with E-state index < -0.39 is 0 Å². The van der Waals surface area contributed by atoms with Gasteiger partial charge in [-0.05, 0) is 43.1 Å². The Balaban J connectivity index is 1.88. The first-order chi connectivity index (χ1) is 9.66. The fourth-order valence-electron chi connectivity index (χ4n) is 1.82. The van der Waals surface area contributed by atoms with Gasteiger partial charge in [-0.1, -0.05) is 12.1 Å². The lowest BCUT2D eigenvalue weighted by molar-refractivity contribution is -0.116. The van der Waals surface area contributed by atoms with Crippen LogP contribution in [0.1, 0.15) is 15.8 Å². The monoisotopic (exact) mass is 306 g/mol. The standard InChI is InChI=1S/C15H18N2OS2/c1-17(2)13(14-6-4-10-20-14)11-16-15(18)8-7-12-5-3-9-19-12/h3-10,13H,11H2,1-2H3,(H,16,18)/b8-7+. The summed E-state index contributed by atoms with van der Waals surface area (Å²) in [6.07, 6.45) is 3.43. The summed E-state index contributed by atoms with van der Waals surface area (Å²) < 4.78 is 0. The lowest BCUT2D eigenvalue weighted by Crippen LogP contribution is -2.33. The minimum Gasteiger partial charge on any atom is -0.351 e. The predicted octanol–water partition coefficient (Wildman–Crippen LogP) is 3.24. The fraction of sp³-hybridized carbons (Fsp3) is 0.267. The normalized spacial score (nSPS) is 12.9. The zero-order valence-corrected chi connectivity index (χ0v) is 13.2. The molecular weight excluding hydrogens is 288 g/mol. The molecule has 0 aliphatic carbocycles. The molecule has 0 fully saturated rings. The Kier molecular flexibility index (Phi) is 5.52. The molecular formula is C15H18N2OS2. The van der Waals surface area contributed by atoms with E-state index >= 15 is 0 Å². The van der Waals surface area contributed by atoms with Crippen LogP contribution >= 0.6 is 22.7 Å². The summed E-state index contributed by atoms with van der Waals surface area (Å²) >= 11 is 3.33. The molecule has 1 N–H and O–H groups in total. The van der Waals surface area contributed by atoms with Gasteiger partial charge in [0.05, 0.1) is 6.04 Å². The van der Waals surface area contributed by atoms with Gasteiger partial charge in [0.2, 0.25) is 5.91 Å². The Morgan fingerprint density at radius 3 is 2.65 bits per heavy atom. The van der Waals surface area contributed by atoms with Crippen LogP contribution in [0.25, 0.3) is 6.08 Å². The average molecular weight is 306 g/mol.